The van der Waals surface area contributed by atoms with Gasteiger partial charge in [-0.25, -0.2) is 0 Å². The van der Waals surface area contributed by atoms with Gasteiger partial charge in [-0.3, -0.25) is 9.74 Å². The Morgan fingerprint density at radius 2 is 2.21 bits per heavy atom. The third-order valence-electron chi connectivity index (χ3n) is 3.93. The average Bonchev–Trinajstić information content (AvgIpc) is 3.15. The van der Waals surface area contributed by atoms with Crippen LogP contribution in [0.5, 0.6) is 0 Å². The molecule has 1 aromatic carbocycles. The second-order valence-electron chi connectivity index (χ2n) is 5.74. The number of likely N-dealkylation sites (N-methyl/N-ethyl adjacent to an activating group) is 1. The Morgan fingerprint density at radius 1 is 1.38 bits per heavy atom. The molecular formula is C17H22N6O. The predicted molar refractivity (Wildman–Crippen MR) is 91.5 cm³/mol. The van der Waals surface area contributed by atoms with Crippen molar-refractivity contribution in [2.75, 3.05) is 26.7 Å². The fraction of sp³-hybridized carbons (Fsp3) is 0.353. The number of nitrogens with zero attached hydrogens (tertiary/aromatic N) is 6. The Balaban J connectivity index is 1.77. The van der Waals surface area contributed by atoms with E-state index in [1.165, 1.54) is 11.9 Å². The van der Waals surface area contributed by atoms with E-state index in [-0.39, 0.29) is 6.04 Å². The van der Waals surface area contributed by atoms with Gasteiger partial charge in [0.25, 0.3) is 0 Å². The number of hydroxylamine groups is 2. The fourth-order valence-corrected chi connectivity index (χ4v) is 2.76. The van der Waals surface area contributed by atoms with Crippen molar-refractivity contribution in [3.63, 3.8) is 0 Å². The van der Waals surface area contributed by atoms with Crippen LogP contribution in [-0.4, -0.2) is 63.0 Å². The highest BCUT2D eigenvalue weighted by molar-refractivity contribution is 5.47. The van der Waals surface area contributed by atoms with E-state index in [0.29, 0.717) is 6.61 Å². The second kappa shape index (κ2) is 7.96. The van der Waals surface area contributed by atoms with Crippen molar-refractivity contribution in [1.82, 2.24) is 30.2 Å². The van der Waals surface area contributed by atoms with Crippen LogP contribution in [0.3, 0.4) is 0 Å². The molecule has 2 heterocycles. The monoisotopic (exact) mass is 326 g/mol. The number of aromatic nitrogens is 4. The molecule has 0 radical (unpaired) electrons. The van der Waals surface area contributed by atoms with Crippen LogP contribution in [0.2, 0.25) is 0 Å². The Labute approximate surface area is 141 Å². The van der Waals surface area contributed by atoms with E-state index < -0.39 is 0 Å². The Kier molecular flexibility index (Phi) is 5.47. The van der Waals surface area contributed by atoms with E-state index in [2.05, 4.69) is 57.2 Å². The van der Waals surface area contributed by atoms with E-state index in [4.69, 9.17) is 4.84 Å². The molecular weight excluding hydrogens is 304 g/mol. The molecule has 1 aliphatic rings. The van der Waals surface area contributed by atoms with Crippen molar-refractivity contribution < 1.29 is 4.84 Å². The molecule has 1 atom stereocenters. The van der Waals surface area contributed by atoms with Crippen molar-refractivity contribution in [2.24, 2.45) is 0 Å². The number of rotatable bonds is 7. The molecule has 7 heteroatoms. The molecule has 0 N–H and O–H groups in total. The van der Waals surface area contributed by atoms with Crippen molar-refractivity contribution in [1.29, 1.82) is 0 Å². The van der Waals surface area contributed by atoms with Gasteiger partial charge in [-0.15, -0.1) is 21.6 Å². The summed E-state index contributed by atoms with van der Waals surface area (Å²) in [6.45, 7) is 6.66. The summed E-state index contributed by atoms with van der Waals surface area (Å²) in [5.41, 5.74) is 2.27. The van der Waals surface area contributed by atoms with Crippen LogP contribution in [0.1, 0.15) is 5.56 Å². The minimum Gasteiger partial charge on any atom is -0.295 e. The second-order valence-corrected chi connectivity index (χ2v) is 5.74. The summed E-state index contributed by atoms with van der Waals surface area (Å²) in [7, 11) is 1.93. The molecule has 126 valence electrons. The van der Waals surface area contributed by atoms with Gasteiger partial charge in [-0.2, -0.15) is 5.06 Å². The normalized spacial score (nSPS) is 18.6. The molecule has 0 saturated carbocycles. The summed E-state index contributed by atoms with van der Waals surface area (Å²) >= 11 is 0. The lowest BCUT2D eigenvalue weighted by atomic mass is 10.1. The van der Waals surface area contributed by atoms with Crippen molar-refractivity contribution >= 4 is 5.70 Å². The molecule has 2 aromatic rings. The molecule has 0 spiro atoms. The topological polar surface area (TPSA) is 59.3 Å². The lowest BCUT2D eigenvalue weighted by Gasteiger charge is -2.35. The molecule has 0 aliphatic carbocycles. The van der Waals surface area contributed by atoms with E-state index in [1.807, 2.05) is 18.2 Å². The molecule has 0 saturated heterocycles. The van der Waals surface area contributed by atoms with E-state index in [9.17, 15) is 0 Å². The van der Waals surface area contributed by atoms with Gasteiger partial charge < -0.3 is 0 Å². The number of hydrogen-bond acceptors (Lipinski definition) is 6. The van der Waals surface area contributed by atoms with Crippen LogP contribution in [0.15, 0.2) is 55.4 Å². The molecule has 0 bridgehead atoms. The van der Waals surface area contributed by atoms with Gasteiger partial charge in [0.15, 0.2) is 6.33 Å². The van der Waals surface area contributed by atoms with Gasteiger partial charge in [0.1, 0.15) is 0 Å². The van der Waals surface area contributed by atoms with Gasteiger partial charge in [-0.1, -0.05) is 36.4 Å². The Bertz CT molecular complexity index is 670. The maximum atomic E-state index is 5.67. The molecule has 1 aromatic heterocycles. The first-order chi connectivity index (χ1) is 11.8. The SMILES string of the molecule is C=CCON(C)C1C=C(n2ncnn2)CN(Cc2ccccc2)C1. The first-order valence-corrected chi connectivity index (χ1v) is 7.93. The summed E-state index contributed by atoms with van der Waals surface area (Å²) in [6, 6.07) is 10.5. The minimum absolute atomic E-state index is 0.100. The van der Waals surface area contributed by atoms with Gasteiger partial charge in [0.2, 0.25) is 0 Å². The first kappa shape index (κ1) is 16.5. The number of hydrogen-bond donors (Lipinski definition) is 0. The standard InChI is InChI=1S/C17H22N6O/c1-3-9-24-21(2)16-10-17(23-19-14-18-20-23)13-22(12-16)11-15-7-5-4-6-8-15/h3-8,10,14,16H,1,9,11-13H2,2H3. The lowest BCUT2D eigenvalue weighted by molar-refractivity contribution is -0.151. The zero-order valence-corrected chi connectivity index (χ0v) is 13.8. The molecule has 0 fully saturated rings. The van der Waals surface area contributed by atoms with Crippen LogP contribution in [0.4, 0.5) is 0 Å². The zero-order chi connectivity index (χ0) is 16.8. The summed E-state index contributed by atoms with van der Waals surface area (Å²) in [6.07, 6.45) is 5.32. The molecule has 3 rings (SSSR count). The predicted octanol–water partition coefficient (Wildman–Crippen LogP) is 1.45. The van der Waals surface area contributed by atoms with Crippen molar-refractivity contribution in [3.8, 4) is 0 Å². The summed E-state index contributed by atoms with van der Waals surface area (Å²) in [5, 5.41) is 13.9. The van der Waals surface area contributed by atoms with Crippen LogP contribution >= 0.6 is 0 Å². The minimum atomic E-state index is 0.100. The summed E-state index contributed by atoms with van der Waals surface area (Å²) in [5.74, 6) is 0. The Hall–Kier alpha value is -2.35. The molecule has 7 nitrogen and oxygen atoms in total. The highest BCUT2D eigenvalue weighted by Crippen LogP contribution is 2.19. The molecule has 1 unspecified atom stereocenters. The zero-order valence-electron chi connectivity index (χ0n) is 13.8. The van der Waals surface area contributed by atoms with Crippen LogP contribution < -0.4 is 0 Å². The Morgan fingerprint density at radius 3 is 2.92 bits per heavy atom. The first-order valence-electron chi connectivity index (χ1n) is 7.93. The van der Waals surface area contributed by atoms with Gasteiger partial charge in [-0.05, 0) is 16.9 Å². The van der Waals surface area contributed by atoms with Gasteiger partial charge in [0, 0.05) is 26.7 Å². The van der Waals surface area contributed by atoms with E-state index in [0.717, 1.165) is 25.3 Å². The fourth-order valence-electron chi connectivity index (χ4n) is 2.76. The van der Waals surface area contributed by atoms with Crippen LogP contribution in [0, 0.1) is 0 Å². The summed E-state index contributed by atoms with van der Waals surface area (Å²) in [4.78, 5) is 9.60. The maximum absolute atomic E-state index is 5.67. The highest BCUT2D eigenvalue weighted by Gasteiger charge is 2.25. The highest BCUT2D eigenvalue weighted by atomic mass is 16.7. The largest absolute Gasteiger partial charge is 0.295 e. The maximum Gasteiger partial charge on any atom is 0.162 e. The lowest BCUT2D eigenvalue weighted by Crippen LogP contribution is -2.45. The summed E-state index contributed by atoms with van der Waals surface area (Å²) < 4.78 is 0. The quantitative estimate of drug-likeness (QED) is 0.567. The third-order valence-corrected chi connectivity index (χ3v) is 3.93. The molecule has 0 amide bonds. The molecule has 24 heavy (non-hydrogen) atoms. The van der Waals surface area contributed by atoms with E-state index in [1.54, 1.807) is 10.9 Å². The number of benzene rings is 1. The van der Waals surface area contributed by atoms with Gasteiger partial charge >= 0.3 is 0 Å². The third kappa shape index (κ3) is 4.14. The van der Waals surface area contributed by atoms with Crippen LogP contribution in [-0.2, 0) is 11.4 Å². The molecule has 1 aliphatic heterocycles. The smallest absolute Gasteiger partial charge is 0.162 e. The van der Waals surface area contributed by atoms with E-state index >= 15 is 0 Å². The van der Waals surface area contributed by atoms with Crippen molar-refractivity contribution in [3.05, 3.63) is 61.0 Å². The van der Waals surface area contributed by atoms with Gasteiger partial charge in [0.05, 0.1) is 18.3 Å². The van der Waals surface area contributed by atoms with Crippen LogP contribution in [0.25, 0.3) is 5.70 Å². The number of tetrazole rings is 1. The van der Waals surface area contributed by atoms with Crippen molar-refractivity contribution in [2.45, 2.75) is 12.6 Å². The average molecular weight is 326 g/mol.